The van der Waals surface area contributed by atoms with Crippen molar-refractivity contribution in [3.8, 4) is 5.69 Å². The second-order valence-corrected chi connectivity index (χ2v) is 4.92. The SMILES string of the molecule is Clc1cccc(Cl)c1-n1cc2cncc(Cl)c2n1. The molecular formula is C12H6Cl3N3. The average molecular weight is 299 g/mol. The number of nitrogens with zero attached hydrogens (tertiary/aromatic N) is 3. The molecule has 3 nitrogen and oxygen atoms in total. The molecule has 18 heavy (non-hydrogen) atoms. The Morgan fingerprint density at radius 1 is 0.944 bits per heavy atom. The highest BCUT2D eigenvalue weighted by Gasteiger charge is 2.11. The molecule has 0 aliphatic heterocycles. The van der Waals surface area contributed by atoms with E-state index in [9.17, 15) is 0 Å². The molecule has 0 unspecified atom stereocenters. The molecule has 0 N–H and O–H groups in total. The zero-order valence-corrected chi connectivity index (χ0v) is 11.2. The summed E-state index contributed by atoms with van der Waals surface area (Å²) in [5, 5.41) is 6.76. The molecule has 0 radical (unpaired) electrons. The average Bonchev–Trinajstić information content (AvgIpc) is 2.74. The molecule has 3 rings (SSSR count). The summed E-state index contributed by atoms with van der Waals surface area (Å²) in [7, 11) is 0. The van der Waals surface area contributed by atoms with Crippen LogP contribution in [0.15, 0.2) is 36.8 Å². The van der Waals surface area contributed by atoms with Crippen LogP contribution in [0.4, 0.5) is 0 Å². The van der Waals surface area contributed by atoms with Gasteiger partial charge in [-0.15, -0.1) is 0 Å². The van der Waals surface area contributed by atoms with Crippen LogP contribution in [0, 0.1) is 0 Å². The Bertz CT molecular complexity index is 716. The summed E-state index contributed by atoms with van der Waals surface area (Å²) in [6.07, 6.45) is 5.03. The van der Waals surface area contributed by atoms with E-state index in [0.29, 0.717) is 26.3 Å². The van der Waals surface area contributed by atoms with Crippen LogP contribution in [0.5, 0.6) is 0 Å². The molecule has 0 aliphatic rings. The zero-order valence-electron chi connectivity index (χ0n) is 8.94. The minimum absolute atomic E-state index is 0.495. The molecule has 0 aliphatic carbocycles. The van der Waals surface area contributed by atoms with Crippen molar-refractivity contribution in [3.63, 3.8) is 0 Å². The van der Waals surface area contributed by atoms with Crippen LogP contribution in [0.1, 0.15) is 0 Å². The van der Waals surface area contributed by atoms with Crippen molar-refractivity contribution < 1.29 is 0 Å². The van der Waals surface area contributed by atoms with Gasteiger partial charge in [-0.1, -0.05) is 40.9 Å². The Hall–Kier alpha value is -1.29. The van der Waals surface area contributed by atoms with E-state index < -0.39 is 0 Å². The summed E-state index contributed by atoms with van der Waals surface area (Å²) in [4.78, 5) is 4.01. The first-order valence-corrected chi connectivity index (χ1v) is 6.23. The third kappa shape index (κ3) is 1.85. The Balaban J connectivity index is 2.30. The first kappa shape index (κ1) is 11.8. The third-order valence-corrected chi connectivity index (χ3v) is 3.42. The number of rotatable bonds is 1. The highest BCUT2D eigenvalue weighted by molar-refractivity contribution is 6.38. The van der Waals surface area contributed by atoms with Crippen LogP contribution in [0.25, 0.3) is 16.6 Å². The van der Waals surface area contributed by atoms with Crippen molar-refractivity contribution in [2.75, 3.05) is 0 Å². The molecule has 0 fully saturated rings. The topological polar surface area (TPSA) is 30.7 Å². The Morgan fingerprint density at radius 3 is 2.33 bits per heavy atom. The number of benzene rings is 1. The minimum Gasteiger partial charge on any atom is -0.262 e. The lowest BCUT2D eigenvalue weighted by molar-refractivity contribution is 0.897. The van der Waals surface area contributed by atoms with Gasteiger partial charge in [-0.05, 0) is 12.1 Å². The Morgan fingerprint density at radius 2 is 1.67 bits per heavy atom. The quantitative estimate of drug-likeness (QED) is 0.667. The number of aromatic nitrogens is 3. The summed E-state index contributed by atoms with van der Waals surface area (Å²) in [6.45, 7) is 0. The summed E-state index contributed by atoms with van der Waals surface area (Å²) < 4.78 is 1.61. The van der Waals surface area contributed by atoms with E-state index in [-0.39, 0.29) is 0 Å². The van der Waals surface area contributed by atoms with Gasteiger partial charge in [-0.25, -0.2) is 4.68 Å². The predicted octanol–water partition coefficient (Wildman–Crippen LogP) is 4.38. The summed E-state index contributed by atoms with van der Waals surface area (Å²) >= 11 is 18.3. The predicted molar refractivity (Wildman–Crippen MR) is 73.9 cm³/mol. The second-order valence-electron chi connectivity index (χ2n) is 3.70. The second kappa shape index (κ2) is 4.43. The third-order valence-electron chi connectivity index (χ3n) is 2.54. The van der Waals surface area contributed by atoms with E-state index in [0.717, 1.165) is 5.39 Å². The van der Waals surface area contributed by atoms with E-state index in [1.54, 1.807) is 41.5 Å². The van der Waals surface area contributed by atoms with Crippen LogP contribution in [-0.4, -0.2) is 14.8 Å². The smallest absolute Gasteiger partial charge is 0.114 e. The van der Waals surface area contributed by atoms with Gasteiger partial charge in [0, 0.05) is 24.0 Å². The molecule has 0 spiro atoms. The van der Waals surface area contributed by atoms with Crippen LogP contribution >= 0.6 is 34.8 Å². The normalized spacial score (nSPS) is 11.1. The number of fused-ring (bicyclic) bond motifs is 1. The van der Waals surface area contributed by atoms with Gasteiger partial charge in [0.1, 0.15) is 11.2 Å². The number of halogens is 3. The molecule has 6 heteroatoms. The van der Waals surface area contributed by atoms with Crippen molar-refractivity contribution >= 4 is 45.7 Å². The van der Waals surface area contributed by atoms with Gasteiger partial charge in [0.15, 0.2) is 0 Å². The highest BCUT2D eigenvalue weighted by Crippen LogP contribution is 2.30. The van der Waals surface area contributed by atoms with Crippen LogP contribution in [-0.2, 0) is 0 Å². The maximum Gasteiger partial charge on any atom is 0.114 e. The lowest BCUT2D eigenvalue weighted by Crippen LogP contribution is -1.96. The van der Waals surface area contributed by atoms with Crippen molar-refractivity contribution in [2.45, 2.75) is 0 Å². The molecule has 90 valence electrons. The van der Waals surface area contributed by atoms with E-state index in [1.807, 2.05) is 0 Å². The van der Waals surface area contributed by atoms with Crippen molar-refractivity contribution in [3.05, 3.63) is 51.9 Å². The fourth-order valence-corrected chi connectivity index (χ4v) is 2.51. The Labute approximate surface area is 118 Å². The van der Waals surface area contributed by atoms with Crippen LogP contribution < -0.4 is 0 Å². The number of pyridine rings is 1. The number of hydrogen-bond acceptors (Lipinski definition) is 2. The van der Waals surface area contributed by atoms with Gasteiger partial charge in [0.05, 0.1) is 15.1 Å². The Kier molecular flexibility index (Phi) is 2.90. The maximum absolute atomic E-state index is 6.14. The largest absolute Gasteiger partial charge is 0.262 e. The minimum atomic E-state index is 0.495. The fourth-order valence-electron chi connectivity index (χ4n) is 1.73. The molecule has 0 saturated heterocycles. The van der Waals surface area contributed by atoms with Gasteiger partial charge >= 0.3 is 0 Å². The molecule has 0 saturated carbocycles. The van der Waals surface area contributed by atoms with E-state index >= 15 is 0 Å². The van der Waals surface area contributed by atoms with Crippen molar-refractivity contribution in [2.24, 2.45) is 0 Å². The number of hydrogen-bond donors (Lipinski definition) is 0. The monoisotopic (exact) mass is 297 g/mol. The first-order chi connectivity index (χ1) is 8.66. The molecule has 0 bridgehead atoms. The lowest BCUT2D eigenvalue weighted by Gasteiger charge is -2.05. The van der Waals surface area contributed by atoms with Gasteiger partial charge in [0.2, 0.25) is 0 Å². The van der Waals surface area contributed by atoms with Gasteiger partial charge < -0.3 is 0 Å². The summed E-state index contributed by atoms with van der Waals surface area (Å²) in [5.74, 6) is 0. The van der Waals surface area contributed by atoms with Crippen molar-refractivity contribution in [1.29, 1.82) is 0 Å². The summed E-state index contributed by atoms with van der Waals surface area (Å²) in [5.41, 5.74) is 1.30. The van der Waals surface area contributed by atoms with Crippen molar-refractivity contribution in [1.82, 2.24) is 14.8 Å². The fraction of sp³-hybridized carbons (Fsp3) is 0. The van der Waals surface area contributed by atoms with E-state index in [1.165, 1.54) is 0 Å². The zero-order chi connectivity index (χ0) is 12.7. The maximum atomic E-state index is 6.14. The molecular weight excluding hydrogens is 293 g/mol. The van der Waals surface area contributed by atoms with Gasteiger partial charge in [0.25, 0.3) is 0 Å². The highest BCUT2D eigenvalue weighted by atomic mass is 35.5. The molecule has 2 aromatic heterocycles. The van der Waals surface area contributed by atoms with E-state index in [2.05, 4.69) is 10.1 Å². The molecule has 1 aromatic carbocycles. The molecule has 0 amide bonds. The summed E-state index contributed by atoms with van der Waals surface area (Å²) in [6, 6.07) is 5.30. The molecule has 2 heterocycles. The standard InChI is InChI=1S/C12H6Cl3N3/c13-8-2-1-3-9(14)12(8)18-6-7-4-16-5-10(15)11(7)17-18/h1-6H. The lowest BCUT2D eigenvalue weighted by atomic mass is 10.3. The van der Waals surface area contributed by atoms with E-state index in [4.69, 9.17) is 34.8 Å². The molecule has 0 atom stereocenters. The van der Waals surface area contributed by atoms with Gasteiger partial charge in [-0.2, -0.15) is 5.10 Å². The number of para-hydroxylation sites is 1. The molecule has 3 aromatic rings. The van der Waals surface area contributed by atoms with Crippen LogP contribution in [0.2, 0.25) is 15.1 Å². The van der Waals surface area contributed by atoms with Crippen LogP contribution in [0.3, 0.4) is 0 Å². The van der Waals surface area contributed by atoms with Gasteiger partial charge in [-0.3, -0.25) is 4.98 Å². The first-order valence-electron chi connectivity index (χ1n) is 5.10.